The summed E-state index contributed by atoms with van der Waals surface area (Å²) in [6.07, 6.45) is 0.989. The number of aromatic nitrogens is 4. The molecule has 37 heavy (non-hydrogen) atoms. The van der Waals surface area contributed by atoms with Crippen molar-refractivity contribution < 1.29 is 17.7 Å². The normalized spacial score (nSPS) is 12.2. The maximum atomic E-state index is 14.6. The van der Waals surface area contributed by atoms with Crippen molar-refractivity contribution in [1.82, 2.24) is 20.1 Å². The molecule has 0 saturated carbocycles. The number of halogens is 3. The van der Waals surface area contributed by atoms with Gasteiger partial charge in [0.05, 0.1) is 17.1 Å². The second-order valence-corrected chi connectivity index (χ2v) is 8.80. The number of hydrogen-bond donors (Lipinski definition) is 2. The second-order valence-electron chi connectivity index (χ2n) is 8.41. The molecule has 0 unspecified atom stereocenters. The van der Waals surface area contributed by atoms with Gasteiger partial charge in [-0.15, -0.1) is 0 Å². The second kappa shape index (κ2) is 9.25. The Bertz CT molecular complexity index is 1780. The summed E-state index contributed by atoms with van der Waals surface area (Å²) in [7, 11) is 0. The minimum absolute atomic E-state index is 0.0506. The molecule has 0 aliphatic carbocycles. The van der Waals surface area contributed by atoms with Crippen molar-refractivity contribution in [2.75, 3.05) is 5.32 Å². The number of anilines is 1. The number of pyridine rings is 2. The molecule has 9 nitrogen and oxygen atoms in total. The Morgan fingerprint density at radius 2 is 1.92 bits per heavy atom. The Morgan fingerprint density at radius 3 is 2.62 bits per heavy atom. The number of H-pyrrole nitrogens is 1. The fraction of sp³-hybridized carbons (Fsp3) is 0.160. The van der Waals surface area contributed by atoms with Gasteiger partial charge >= 0.3 is 5.76 Å². The monoisotopic (exact) mass is 525 g/mol. The van der Waals surface area contributed by atoms with Gasteiger partial charge in [-0.2, -0.15) is 4.39 Å². The fourth-order valence-corrected chi connectivity index (χ4v) is 4.27. The van der Waals surface area contributed by atoms with E-state index in [1.807, 2.05) is 6.92 Å². The summed E-state index contributed by atoms with van der Waals surface area (Å²) < 4.78 is 39.7. The summed E-state index contributed by atoms with van der Waals surface area (Å²) in [5.41, 5.74) is 1.22. The lowest BCUT2D eigenvalue weighted by Crippen LogP contribution is -2.13. The van der Waals surface area contributed by atoms with Gasteiger partial charge in [-0.05, 0) is 50.6 Å². The molecule has 0 aliphatic rings. The minimum atomic E-state index is -1.09. The average Bonchev–Trinajstić information content (AvgIpc) is 3.29. The molecule has 0 aliphatic heterocycles. The third-order valence-corrected chi connectivity index (χ3v) is 6.05. The highest BCUT2D eigenvalue weighted by atomic mass is 35.5. The Balaban J connectivity index is 1.68. The topological polar surface area (TPSA) is 127 Å². The van der Waals surface area contributed by atoms with Crippen molar-refractivity contribution in [1.29, 1.82) is 0 Å². The van der Waals surface area contributed by atoms with E-state index in [0.717, 1.165) is 17.8 Å². The highest BCUT2D eigenvalue weighted by molar-refractivity contribution is 6.29. The third-order valence-electron chi connectivity index (χ3n) is 5.84. The van der Waals surface area contributed by atoms with Crippen LogP contribution in [0.4, 0.5) is 14.5 Å². The maximum Gasteiger partial charge on any atom is 0.439 e. The molecular formula is C25H18ClF2N5O4. The lowest BCUT2D eigenvalue weighted by atomic mass is 9.99. The smallest absolute Gasteiger partial charge is 0.439 e. The number of benzene rings is 1. The van der Waals surface area contributed by atoms with Crippen molar-refractivity contribution in [2.24, 2.45) is 0 Å². The van der Waals surface area contributed by atoms with E-state index in [-0.39, 0.29) is 39.0 Å². The van der Waals surface area contributed by atoms with Gasteiger partial charge in [0.1, 0.15) is 33.6 Å². The Hall–Kier alpha value is -4.38. The first-order valence-electron chi connectivity index (χ1n) is 11.0. The summed E-state index contributed by atoms with van der Waals surface area (Å²) in [6.45, 7) is 5.05. The van der Waals surface area contributed by atoms with Crippen LogP contribution in [0.15, 0.2) is 55.1 Å². The molecule has 0 radical (unpaired) electrons. The van der Waals surface area contributed by atoms with Crippen LogP contribution in [0.25, 0.3) is 33.8 Å². The minimum Gasteiger partial charge on any atom is -0.455 e. The summed E-state index contributed by atoms with van der Waals surface area (Å²) in [4.78, 5) is 34.9. The quantitative estimate of drug-likeness (QED) is 0.295. The van der Waals surface area contributed by atoms with Gasteiger partial charge in [0.2, 0.25) is 11.8 Å². The van der Waals surface area contributed by atoms with E-state index >= 15 is 0 Å². The molecule has 0 bridgehead atoms. The van der Waals surface area contributed by atoms with Gasteiger partial charge in [0, 0.05) is 17.3 Å². The molecular weight excluding hydrogens is 508 g/mol. The van der Waals surface area contributed by atoms with Gasteiger partial charge < -0.3 is 9.73 Å². The zero-order valence-electron chi connectivity index (χ0n) is 19.6. The highest BCUT2D eigenvalue weighted by Gasteiger charge is 2.24. The Labute approximate surface area is 212 Å². The summed E-state index contributed by atoms with van der Waals surface area (Å²) in [5, 5.41) is 7.34. The van der Waals surface area contributed by atoms with Gasteiger partial charge in [-0.3, -0.25) is 14.3 Å². The molecule has 0 fully saturated rings. The van der Waals surface area contributed by atoms with Crippen LogP contribution in [0.1, 0.15) is 29.7 Å². The van der Waals surface area contributed by atoms with Crippen molar-refractivity contribution in [3.63, 3.8) is 0 Å². The summed E-state index contributed by atoms with van der Waals surface area (Å²) >= 11 is 6.05. The van der Waals surface area contributed by atoms with E-state index in [1.54, 1.807) is 31.2 Å². The first-order chi connectivity index (χ1) is 17.6. The number of fused-ring (bicyclic) bond motifs is 1. The van der Waals surface area contributed by atoms with Crippen LogP contribution < -0.4 is 16.5 Å². The molecule has 1 atom stereocenters. The molecule has 188 valence electrons. The lowest BCUT2D eigenvalue weighted by Gasteiger charge is -2.20. The van der Waals surface area contributed by atoms with Crippen LogP contribution in [0.2, 0.25) is 5.15 Å². The number of nitrogens with one attached hydrogen (secondary N) is 2. The molecule has 0 amide bonds. The Kier molecular flexibility index (Phi) is 6.08. The molecule has 4 heterocycles. The molecule has 12 heteroatoms. The van der Waals surface area contributed by atoms with Gasteiger partial charge in [0.15, 0.2) is 5.43 Å². The molecule has 0 saturated heterocycles. The van der Waals surface area contributed by atoms with E-state index < -0.39 is 34.6 Å². The number of nitrogens with zero attached hydrogens (tertiary/aromatic N) is 3. The molecule has 4 aromatic heterocycles. The lowest BCUT2D eigenvalue weighted by molar-refractivity contribution is 0.388. The van der Waals surface area contributed by atoms with E-state index in [2.05, 4.69) is 29.9 Å². The number of aryl methyl sites for hydroxylation is 1. The third kappa shape index (κ3) is 4.38. The number of hydrogen-bond acceptors (Lipinski definition) is 8. The largest absolute Gasteiger partial charge is 0.455 e. The zero-order chi connectivity index (χ0) is 26.4. The van der Waals surface area contributed by atoms with Gasteiger partial charge in [0.25, 0.3) is 0 Å². The maximum absolute atomic E-state index is 14.6. The first kappa shape index (κ1) is 24.3. The Morgan fingerprint density at radius 1 is 1.14 bits per heavy atom. The van der Waals surface area contributed by atoms with Crippen molar-refractivity contribution in [3.05, 3.63) is 90.9 Å². The van der Waals surface area contributed by atoms with Crippen molar-refractivity contribution in [3.8, 4) is 22.8 Å². The van der Waals surface area contributed by atoms with E-state index in [1.165, 1.54) is 6.92 Å². The van der Waals surface area contributed by atoms with Gasteiger partial charge in [-0.25, -0.2) is 19.2 Å². The van der Waals surface area contributed by atoms with Crippen LogP contribution >= 0.6 is 11.6 Å². The van der Waals surface area contributed by atoms with Crippen LogP contribution in [0, 0.1) is 25.6 Å². The van der Waals surface area contributed by atoms with Crippen LogP contribution in [0.5, 0.6) is 0 Å². The number of rotatable bonds is 5. The van der Waals surface area contributed by atoms with E-state index in [0.29, 0.717) is 11.3 Å². The summed E-state index contributed by atoms with van der Waals surface area (Å²) in [6, 6.07) is 7.09. The van der Waals surface area contributed by atoms with Gasteiger partial charge in [-0.1, -0.05) is 22.8 Å². The van der Waals surface area contributed by atoms with E-state index in [9.17, 15) is 18.4 Å². The van der Waals surface area contributed by atoms with Crippen molar-refractivity contribution >= 4 is 28.3 Å². The highest BCUT2D eigenvalue weighted by Crippen LogP contribution is 2.35. The molecule has 5 aromatic rings. The summed E-state index contributed by atoms with van der Waals surface area (Å²) in [5.74, 6) is -2.95. The van der Waals surface area contributed by atoms with Crippen molar-refractivity contribution in [2.45, 2.75) is 26.8 Å². The van der Waals surface area contributed by atoms with Crippen LogP contribution in [0.3, 0.4) is 0 Å². The number of aromatic amines is 1. The predicted molar refractivity (Wildman–Crippen MR) is 133 cm³/mol. The standard InChI is InChI=1S/C25H18ClF2N5O4/c1-10-8-13(12(3)30-16-4-5-17(26)31-19(16)24-32-25(35)37-33-24)22-14(9-10)20(34)11(2)21(36-22)18-15(27)6-7-29-23(18)28/h4-9,12,30H,1-3H3,(H,32,33,35)/t12-/m1/s1. The SMILES string of the molecule is Cc1cc([C@@H](C)Nc2ccc(Cl)nc2-c2noc(=O)[nH]2)c2oc(-c3c(F)ccnc3F)c(C)c(=O)c2c1. The molecule has 2 N–H and O–H groups in total. The van der Waals surface area contributed by atoms with E-state index in [4.69, 9.17) is 16.0 Å². The van der Waals surface area contributed by atoms with Crippen LogP contribution in [-0.2, 0) is 0 Å². The first-order valence-corrected chi connectivity index (χ1v) is 11.4. The predicted octanol–water partition coefficient (Wildman–Crippen LogP) is 5.31. The zero-order valence-corrected chi connectivity index (χ0v) is 20.4. The molecule has 0 spiro atoms. The molecule has 1 aromatic carbocycles. The average molecular weight is 526 g/mol. The molecule has 5 rings (SSSR count). The van der Waals surface area contributed by atoms with Crippen LogP contribution in [-0.4, -0.2) is 20.1 Å². The fourth-order valence-electron chi connectivity index (χ4n) is 4.12.